The Bertz CT molecular complexity index is 442. The second kappa shape index (κ2) is 5.22. The topological polar surface area (TPSA) is 91.5 Å². The maximum Gasteiger partial charge on any atom is 0.354 e. The Kier molecular flexibility index (Phi) is 3.66. The number of hydrogen-bond donors (Lipinski definition) is 3. The molecule has 0 atom stereocenters. The molecular formula is C12H18N4O2. The molecule has 1 aromatic rings. The van der Waals surface area contributed by atoms with E-state index in [1.165, 1.54) is 6.07 Å². The summed E-state index contributed by atoms with van der Waals surface area (Å²) in [5.41, 5.74) is 6.30. The molecule has 6 nitrogen and oxygen atoms in total. The molecule has 1 aliphatic heterocycles. The second-order valence-electron chi connectivity index (χ2n) is 4.66. The van der Waals surface area contributed by atoms with Crippen LogP contribution in [0.5, 0.6) is 0 Å². The van der Waals surface area contributed by atoms with Crippen LogP contribution in [-0.2, 0) is 0 Å². The number of nitrogen functional groups attached to an aromatic ring is 1. The lowest BCUT2D eigenvalue weighted by Crippen LogP contribution is -2.37. The van der Waals surface area contributed by atoms with Crippen LogP contribution in [0.25, 0.3) is 0 Å². The average Bonchev–Trinajstić information content (AvgIpc) is 2.34. The van der Waals surface area contributed by atoms with Gasteiger partial charge in [-0.3, -0.25) is 0 Å². The van der Waals surface area contributed by atoms with Crippen molar-refractivity contribution in [3.8, 4) is 0 Å². The molecule has 2 rings (SSSR count). The zero-order valence-corrected chi connectivity index (χ0v) is 10.4. The lowest BCUT2D eigenvalue weighted by Gasteiger charge is -2.30. The second-order valence-corrected chi connectivity index (χ2v) is 4.66. The van der Waals surface area contributed by atoms with Crippen molar-refractivity contribution in [2.45, 2.75) is 18.9 Å². The minimum absolute atomic E-state index is 0.0135. The van der Waals surface area contributed by atoms with Crippen molar-refractivity contribution >= 4 is 17.5 Å². The van der Waals surface area contributed by atoms with Gasteiger partial charge in [-0.15, -0.1) is 0 Å². The molecule has 0 spiro atoms. The summed E-state index contributed by atoms with van der Waals surface area (Å²) in [5.74, 6) is -0.564. The quantitative estimate of drug-likeness (QED) is 0.737. The zero-order chi connectivity index (χ0) is 13.1. The molecule has 0 radical (unpaired) electrons. The van der Waals surface area contributed by atoms with Crippen molar-refractivity contribution in [2.24, 2.45) is 0 Å². The van der Waals surface area contributed by atoms with Crippen molar-refractivity contribution < 1.29 is 9.90 Å². The van der Waals surface area contributed by atoms with Crippen molar-refractivity contribution in [1.82, 2.24) is 9.88 Å². The average molecular weight is 250 g/mol. The number of carboxylic acid groups (broad SMARTS) is 1. The van der Waals surface area contributed by atoms with E-state index in [0.717, 1.165) is 25.9 Å². The van der Waals surface area contributed by atoms with E-state index in [0.29, 0.717) is 17.5 Å². The highest BCUT2D eigenvalue weighted by molar-refractivity contribution is 5.86. The lowest BCUT2D eigenvalue weighted by molar-refractivity contribution is 0.0690. The van der Waals surface area contributed by atoms with E-state index >= 15 is 0 Å². The van der Waals surface area contributed by atoms with Crippen molar-refractivity contribution in [2.75, 3.05) is 31.2 Å². The van der Waals surface area contributed by atoms with Gasteiger partial charge >= 0.3 is 5.97 Å². The van der Waals surface area contributed by atoms with Gasteiger partial charge in [0.25, 0.3) is 0 Å². The SMILES string of the molecule is CN1CCC(Nc2nc(C(=O)O)ccc2N)CC1. The van der Waals surface area contributed by atoms with Gasteiger partial charge in [-0.05, 0) is 45.1 Å². The molecule has 18 heavy (non-hydrogen) atoms. The van der Waals surface area contributed by atoms with E-state index in [1.807, 2.05) is 0 Å². The molecule has 1 aromatic heterocycles. The van der Waals surface area contributed by atoms with Crippen LogP contribution in [0.15, 0.2) is 12.1 Å². The Labute approximate surface area is 106 Å². The molecule has 1 saturated heterocycles. The number of aromatic nitrogens is 1. The van der Waals surface area contributed by atoms with Crippen LogP contribution in [0.2, 0.25) is 0 Å². The maximum absolute atomic E-state index is 10.9. The van der Waals surface area contributed by atoms with Crippen molar-refractivity contribution in [3.63, 3.8) is 0 Å². The van der Waals surface area contributed by atoms with Crippen LogP contribution in [0, 0.1) is 0 Å². The summed E-state index contributed by atoms with van der Waals surface area (Å²) in [5, 5.41) is 12.1. The molecule has 0 bridgehead atoms. The fraction of sp³-hybridized carbons (Fsp3) is 0.500. The third-order valence-corrected chi connectivity index (χ3v) is 3.20. The van der Waals surface area contributed by atoms with Crippen molar-refractivity contribution in [3.05, 3.63) is 17.8 Å². The molecular weight excluding hydrogens is 232 g/mol. The number of pyridine rings is 1. The Morgan fingerprint density at radius 2 is 2.17 bits per heavy atom. The van der Waals surface area contributed by atoms with E-state index in [2.05, 4.69) is 22.2 Å². The van der Waals surface area contributed by atoms with Gasteiger partial charge in [-0.25, -0.2) is 9.78 Å². The van der Waals surface area contributed by atoms with Gasteiger partial charge in [0.1, 0.15) is 5.82 Å². The third kappa shape index (κ3) is 2.89. The largest absolute Gasteiger partial charge is 0.477 e. The number of carbonyl (C=O) groups is 1. The number of hydrogen-bond acceptors (Lipinski definition) is 5. The standard InChI is InChI=1S/C12H18N4O2/c1-16-6-4-8(5-7-16)14-11-9(13)2-3-10(15-11)12(17)18/h2-3,8H,4-7,13H2,1H3,(H,14,15)(H,17,18). The minimum atomic E-state index is -1.04. The molecule has 2 heterocycles. The highest BCUT2D eigenvalue weighted by atomic mass is 16.4. The molecule has 1 fully saturated rings. The maximum atomic E-state index is 10.9. The molecule has 98 valence electrons. The number of aromatic carboxylic acids is 1. The van der Waals surface area contributed by atoms with Crippen LogP contribution in [-0.4, -0.2) is 47.1 Å². The number of carboxylic acids is 1. The monoisotopic (exact) mass is 250 g/mol. The first kappa shape index (κ1) is 12.6. The summed E-state index contributed by atoms with van der Waals surface area (Å²) in [6, 6.07) is 3.30. The number of nitrogens with one attached hydrogen (secondary N) is 1. The van der Waals surface area contributed by atoms with Crippen LogP contribution in [0.4, 0.5) is 11.5 Å². The molecule has 0 saturated carbocycles. The van der Waals surface area contributed by atoms with E-state index in [1.54, 1.807) is 6.07 Å². The molecule has 4 N–H and O–H groups in total. The predicted octanol–water partition coefficient (Wildman–Crippen LogP) is 0.868. The van der Waals surface area contributed by atoms with Gasteiger partial charge in [0.05, 0.1) is 5.69 Å². The molecule has 1 aliphatic rings. The lowest BCUT2D eigenvalue weighted by atomic mass is 10.1. The van der Waals surface area contributed by atoms with Crippen LogP contribution in [0.1, 0.15) is 23.3 Å². The van der Waals surface area contributed by atoms with Crippen LogP contribution < -0.4 is 11.1 Å². The smallest absolute Gasteiger partial charge is 0.354 e. The number of rotatable bonds is 3. The van der Waals surface area contributed by atoms with Gasteiger partial charge < -0.3 is 21.1 Å². The molecule has 0 amide bonds. The highest BCUT2D eigenvalue weighted by Crippen LogP contribution is 2.20. The van der Waals surface area contributed by atoms with Gasteiger partial charge in [0, 0.05) is 6.04 Å². The minimum Gasteiger partial charge on any atom is -0.477 e. The molecule has 0 aromatic carbocycles. The fourth-order valence-corrected chi connectivity index (χ4v) is 2.05. The predicted molar refractivity (Wildman–Crippen MR) is 69.8 cm³/mol. The number of nitrogens with two attached hydrogens (primary N) is 1. The number of nitrogens with zero attached hydrogens (tertiary/aromatic N) is 2. The van der Waals surface area contributed by atoms with Crippen molar-refractivity contribution in [1.29, 1.82) is 0 Å². The van der Waals surface area contributed by atoms with E-state index in [9.17, 15) is 4.79 Å². The first-order valence-corrected chi connectivity index (χ1v) is 6.01. The van der Waals surface area contributed by atoms with E-state index in [4.69, 9.17) is 10.8 Å². The number of likely N-dealkylation sites (tertiary alicyclic amines) is 1. The summed E-state index contributed by atoms with van der Waals surface area (Å²) in [6.45, 7) is 2.05. The Morgan fingerprint density at radius 3 is 2.78 bits per heavy atom. The molecule has 0 unspecified atom stereocenters. The summed E-state index contributed by atoms with van der Waals surface area (Å²) in [4.78, 5) is 17.2. The third-order valence-electron chi connectivity index (χ3n) is 3.20. The van der Waals surface area contributed by atoms with Crippen LogP contribution >= 0.6 is 0 Å². The Balaban J connectivity index is 2.08. The first-order valence-electron chi connectivity index (χ1n) is 6.01. The summed E-state index contributed by atoms with van der Waals surface area (Å²) in [7, 11) is 2.09. The number of anilines is 2. The van der Waals surface area contributed by atoms with Gasteiger partial charge in [-0.1, -0.05) is 0 Å². The number of piperidine rings is 1. The fourth-order valence-electron chi connectivity index (χ4n) is 2.05. The normalized spacial score (nSPS) is 17.6. The Morgan fingerprint density at radius 1 is 1.50 bits per heavy atom. The summed E-state index contributed by atoms with van der Waals surface area (Å²) < 4.78 is 0. The summed E-state index contributed by atoms with van der Waals surface area (Å²) >= 11 is 0. The van der Waals surface area contributed by atoms with Gasteiger partial charge in [0.15, 0.2) is 5.69 Å². The van der Waals surface area contributed by atoms with E-state index < -0.39 is 5.97 Å². The Hall–Kier alpha value is -1.82. The van der Waals surface area contributed by atoms with Crippen LogP contribution in [0.3, 0.4) is 0 Å². The van der Waals surface area contributed by atoms with Gasteiger partial charge in [0.2, 0.25) is 0 Å². The summed E-state index contributed by atoms with van der Waals surface area (Å²) in [6.07, 6.45) is 2.02. The first-order chi connectivity index (χ1) is 8.56. The zero-order valence-electron chi connectivity index (χ0n) is 10.4. The molecule has 6 heteroatoms. The molecule has 0 aliphatic carbocycles. The highest BCUT2D eigenvalue weighted by Gasteiger charge is 2.18. The van der Waals surface area contributed by atoms with E-state index in [-0.39, 0.29) is 5.69 Å². The van der Waals surface area contributed by atoms with Gasteiger partial charge in [-0.2, -0.15) is 0 Å².